The Morgan fingerprint density at radius 1 is 1.12 bits per heavy atom. The average molecular weight is 244 g/mol. The van der Waals surface area contributed by atoms with Crippen molar-refractivity contribution in [2.24, 2.45) is 0 Å². The van der Waals surface area contributed by atoms with Gasteiger partial charge in [0.2, 0.25) is 0 Å². The molecule has 1 aliphatic heterocycles. The predicted octanol–water partition coefficient (Wildman–Crippen LogP) is 3.25. The van der Waals surface area contributed by atoms with Gasteiger partial charge in [0.15, 0.2) is 5.79 Å². The summed E-state index contributed by atoms with van der Waals surface area (Å²) in [5.41, 5.74) is 0. The lowest BCUT2D eigenvalue weighted by molar-refractivity contribution is -0.162. The second-order valence-electron chi connectivity index (χ2n) is 5.24. The zero-order valence-electron chi connectivity index (χ0n) is 11.4. The minimum absolute atomic E-state index is 0.0621. The topological polar surface area (TPSA) is 38.7 Å². The third-order valence-corrected chi connectivity index (χ3v) is 3.43. The van der Waals surface area contributed by atoms with Crippen LogP contribution in [0.5, 0.6) is 0 Å². The van der Waals surface area contributed by atoms with E-state index in [1.807, 2.05) is 6.92 Å². The number of ether oxygens (including phenoxy) is 2. The fraction of sp³-hybridized carbons (Fsp3) is 1.00. The van der Waals surface area contributed by atoms with Crippen LogP contribution in [-0.2, 0) is 9.47 Å². The van der Waals surface area contributed by atoms with E-state index >= 15 is 0 Å². The lowest BCUT2D eigenvalue weighted by atomic mass is 10.1. The second-order valence-corrected chi connectivity index (χ2v) is 5.24. The molecule has 1 N–H and O–H groups in total. The van der Waals surface area contributed by atoms with Crippen molar-refractivity contribution in [3.05, 3.63) is 0 Å². The first-order valence-corrected chi connectivity index (χ1v) is 7.13. The summed E-state index contributed by atoms with van der Waals surface area (Å²) >= 11 is 0. The van der Waals surface area contributed by atoms with Gasteiger partial charge in [-0.25, -0.2) is 0 Å². The molecule has 0 amide bonds. The molecule has 0 bridgehead atoms. The third kappa shape index (κ3) is 5.84. The molecular weight excluding hydrogens is 216 g/mol. The van der Waals surface area contributed by atoms with Crippen molar-refractivity contribution in [1.82, 2.24) is 0 Å². The van der Waals surface area contributed by atoms with E-state index in [-0.39, 0.29) is 12.7 Å². The van der Waals surface area contributed by atoms with Crippen molar-refractivity contribution in [2.45, 2.75) is 77.1 Å². The maximum Gasteiger partial charge on any atom is 0.166 e. The Morgan fingerprint density at radius 2 is 1.76 bits per heavy atom. The quantitative estimate of drug-likeness (QED) is 0.633. The van der Waals surface area contributed by atoms with Gasteiger partial charge in [-0.05, 0) is 13.3 Å². The van der Waals surface area contributed by atoms with Gasteiger partial charge in [-0.3, -0.25) is 0 Å². The fourth-order valence-electron chi connectivity index (χ4n) is 2.31. The summed E-state index contributed by atoms with van der Waals surface area (Å²) in [7, 11) is 0. The molecule has 0 saturated carbocycles. The minimum atomic E-state index is -0.448. The summed E-state index contributed by atoms with van der Waals surface area (Å²) in [4.78, 5) is 0. The second kappa shape index (κ2) is 8.06. The maximum absolute atomic E-state index is 8.99. The summed E-state index contributed by atoms with van der Waals surface area (Å²) in [6.45, 7) is 4.82. The zero-order chi connectivity index (χ0) is 12.6. The first kappa shape index (κ1) is 14.9. The van der Waals surface area contributed by atoms with Crippen LogP contribution in [-0.4, -0.2) is 30.2 Å². The van der Waals surface area contributed by atoms with Crippen LogP contribution >= 0.6 is 0 Å². The van der Waals surface area contributed by atoms with Gasteiger partial charge in [0.1, 0.15) is 6.10 Å². The Balaban J connectivity index is 1.99. The SMILES string of the molecule is CCCCCCCCC[C@@]1(C)OC[C@@H](CO)O1. The molecule has 0 radical (unpaired) electrons. The largest absolute Gasteiger partial charge is 0.394 e. The molecule has 2 atom stereocenters. The van der Waals surface area contributed by atoms with Crippen LogP contribution in [0, 0.1) is 0 Å². The Hall–Kier alpha value is -0.120. The van der Waals surface area contributed by atoms with Gasteiger partial charge >= 0.3 is 0 Å². The van der Waals surface area contributed by atoms with Crippen molar-refractivity contribution in [1.29, 1.82) is 0 Å². The summed E-state index contributed by atoms with van der Waals surface area (Å²) in [6, 6.07) is 0. The minimum Gasteiger partial charge on any atom is -0.394 e. The lowest BCUT2D eigenvalue weighted by Crippen LogP contribution is -2.27. The maximum atomic E-state index is 8.99. The standard InChI is InChI=1S/C14H28O3/c1-3-4-5-6-7-8-9-10-14(2)16-12-13(11-15)17-14/h13,15H,3-12H2,1-2H3/t13-,14+/m1/s1. The van der Waals surface area contributed by atoms with Gasteiger partial charge in [-0.2, -0.15) is 0 Å². The van der Waals surface area contributed by atoms with Crippen molar-refractivity contribution < 1.29 is 14.6 Å². The van der Waals surface area contributed by atoms with E-state index in [0.717, 1.165) is 12.8 Å². The molecule has 0 aromatic heterocycles. The lowest BCUT2D eigenvalue weighted by Gasteiger charge is -2.22. The van der Waals surface area contributed by atoms with Crippen LogP contribution in [0.1, 0.15) is 65.2 Å². The van der Waals surface area contributed by atoms with E-state index < -0.39 is 5.79 Å². The first-order chi connectivity index (χ1) is 8.20. The van der Waals surface area contributed by atoms with Crippen LogP contribution in [0.15, 0.2) is 0 Å². The Morgan fingerprint density at radius 3 is 2.35 bits per heavy atom. The molecule has 0 spiro atoms. The number of hydrogen-bond donors (Lipinski definition) is 1. The van der Waals surface area contributed by atoms with Gasteiger partial charge in [0.25, 0.3) is 0 Å². The molecule has 102 valence electrons. The highest BCUT2D eigenvalue weighted by molar-refractivity contribution is 4.74. The Bertz CT molecular complexity index is 196. The Labute approximate surface area is 105 Å². The van der Waals surface area contributed by atoms with Gasteiger partial charge in [0.05, 0.1) is 13.2 Å². The van der Waals surface area contributed by atoms with Crippen LogP contribution in [0.3, 0.4) is 0 Å². The van der Waals surface area contributed by atoms with Crippen molar-refractivity contribution in [3.63, 3.8) is 0 Å². The summed E-state index contributed by atoms with van der Waals surface area (Å²) < 4.78 is 11.3. The smallest absolute Gasteiger partial charge is 0.166 e. The van der Waals surface area contributed by atoms with E-state index in [2.05, 4.69) is 6.92 Å². The molecule has 1 saturated heterocycles. The van der Waals surface area contributed by atoms with E-state index in [9.17, 15) is 0 Å². The van der Waals surface area contributed by atoms with E-state index in [0.29, 0.717) is 6.61 Å². The molecule has 1 rings (SSSR count). The number of rotatable bonds is 9. The van der Waals surface area contributed by atoms with Gasteiger partial charge in [0, 0.05) is 6.42 Å². The number of aliphatic hydroxyl groups is 1. The van der Waals surface area contributed by atoms with Crippen LogP contribution < -0.4 is 0 Å². The molecule has 3 nitrogen and oxygen atoms in total. The van der Waals surface area contributed by atoms with Crippen molar-refractivity contribution in [3.8, 4) is 0 Å². The molecule has 0 aliphatic carbocycles. The monoisotopic (exact) mass is 244 g/mol. The van der Waals surface area contributed by atoms with E-state index in [1.165, 1.54) is 38.5 Å². The van der Waals surface area contributed by atoms with E-state index in [1.54, 1.807) is 0 Å². The number of aliphatic hydroxyl groups excluding tert-OH is 1. The molecule has 1 heterocycles. The first-order valence-electron chi connectivity index (χ1n) is 7.13. The molecule has 3 heteroatoms. The van der Waals surface area contributed by atoms with E-state index in [4.69, 9.17) is 14.6 Å². The average Bonchev–Trinajstić information content (AvgIpc) is 2.70. The normalized spacial score (nSPS) is 28.8. The predicted molar refractivity (Wildman–Crippen MR) is 68.9 cm³/mol. The summed E-state index contributed by atoms with van der Waals surface area (Å²) in [6.07, 6.45) is 9.95. The zero-order valence-corrected chi connectivity index (χ0v) is 11.4. The molecule has 1 aliphatic rings. The third-order valence-electron chi connectivity index (χ3n) is 3.43. The van der Waals surface area contributed by atoms with Crippen LogP contribution in [0.4, 0.5) is 0 Å². The Kier molecular flexibility index (Phi) is 7.09. The highest BCUT2D eigenvalue weighted by Gasteiger charge is 2.35. The molecule has 17 heavy (non-hydrogen) atoms. The molecule has 0 aromatic carbocycles. The highest BCUT2D eigenvalue weighted by Crippen LogP contribution is 2.28. The molecular formula is C14H28O3. The van der Waals surface area contributed by atoms with Crippen LogP contribution in [0.25, 0.3) is 0 Å². The van der Waals surface area contributed by atoms with Crippen LogP contribution in [0.2, 0.25) is 0 Å². The van der Waals surface area contributed by atoms with Gasteiger partial charge in [-0.1, -0.05) is 45.4 Å². The molecule has 1 fully saturated rings. The molecule has 0 unspecified atom stereocenters. The van der Waals surface area contributed by atoms with Crippen molar-refractivity contribution >= 4 is 0 Å². The van der Waals surface area contributed by atoms with Crippen molar-refractivity contribution in [2.75, 3.05) is 13.2 Å². The number of unbranched alkanes of at least 4 members (excludes halogenated alkanes) is 6. The van der Waals surface area contributed by atoms with Gasteiger partial charge in [-0.15, -0.1) is 0 Å². The number of hydrogen-bond acceptors (Lipinski definition) is 3. The highest BCUT2D eigenvalue weighted by atomic mass is 16.7. The van der Waals surface area contributed by atoms with Gasteiger partial charge < -0.3 is 14.6 Å². The molecule has 0 aromatic rings. The summed E-state index contributed by atoms with van der Waals surface area (Å²) in [5.74, 6) is -0.448. The fourth-order valence-corrected chi connectivity index (χ4v) is 2.31. The summed E-state index contributed by atoms with van der Waals surface area (Å²) in [5, 5.41) is 8.99.